The van der Waals surface area contributed by atoms with E-state index in [1.165, 1.54) is 24.3 Å². The fourth-order valence-electron chi connectivity index (χ4n) is 1.99. The Labute approximate surface area is 123 Å². The average molecular weight is 349 g/mol. The number of benzene rings is 1. The Kier molecular flexibility index (Phi) is 3.85. The first-order valence-electron chi connectivity index (χ1n) is 6.06. The third kappa shape index (κ3) is 2.74. The van der Waals surface area contributed by atoms with Crippen LogP contribution in [0.25, 0.3) is 10.9 Å². The molecule has 0 amide bonds. The summed E-state index contributed by atoms with van der Waals surface area (Å²) in [7, 11) is 0. The number of hydrogen-bond acceptors (Lipinski definition) is 0. The van der Waals surface area contributed by atoms with Crippen LogP contribution in [0.3, 0.4) is 0 Å². The molecule has 0 bridgehead atoms. The van der Waals surface area contributed by atoms with Crippen LogP contribution in [0, 0.1) is 0 Å². The minimum Gasteiger partial charge on any atom is -0.358 e. The molecule has 23 heavy (non-hydrogen) atoms. The van der Waals surface area contributed by atoms with Gasteiger partial charge in [0.1, 0.15) is 0 Å². The van der Waals surface area contributed by atoms with Gasteiger partial charge in [-0.3, -0.25) is 0 Å². The Morgan fingerprint density at radius 2 is 1.35 bits per heavy atom. The standard InChI is InChI=1S/C13H8F9N/c14-10(15,11(16,17)12(18,19)13(20,21)22)6-8-5-7-3-1-2-4-9(7)23-8/h1-5,23H,6H2. The molecule has 0 saturated heterocycles. The lowest BCUT2D eigenvalue weighted by Crippen LogP contribution is -2.61. The summed E-state index contributed by atoms with van der Waals surface area (Å²) < 4.78 is 115. The molecule has 0 aliphatic rings. The van der Waals surface area contributed by atoms with Gasteiger partial charge in [-0.05, 0) is 17.5 Å². The molecule has 0 saturated carbocycles. The molecule has 0 aliphatic heterocycles. The van der Waals surface area contributed by atoms with Gasteiger partial charge in [-0.2, -0.15) is 39.5 Å². The van der Waals surface area contributed by atoms with Crippen molar-refractivity contribution >= 4 is 10.9 Å². The largest absolute Gasteiger partial charge is 0.460 e. The quantitative estimate of drug-likeness (QED) is 0.733. The zero-order valence-electron chi connectivity index (χ0n) is 11.0. The van der Waals surface area contributed by atoms with Gasteiger partial charge in [0.2, 0.25) is 0 Å². The van der Waals surface area contributed by atoms with E-state index in [0.29, 0.717) is 5.39 Å². The number of para-hydroxylation sites is 1. The minimum atomic E-state index is -6.87. The Bertz CT molecular complexity index is 666. The van der Waals surface area contributed by atoms with Crippen LogP contribution in [0.5, 0.6) is 0 Å². The first-order chi connectivity index (χ1) is 10.3. The molecule has 1 N–H and O–H groups in total. The average Bonchev–Trinajstić information content (AvgIpc) is 2.77. The van der Waals surface area contributed by atoms with Gasteiger partial charge < -0.3 is 4.98 Å². The number of halogens is 9. The first kappa shape index (κ1) is 17.5. The fourth-order valence-corrected chi connectivity index (χ4v) is 1.99. The maximum Gasteiger partial charge on any atom is 0.460 e. The highest BCUT2D eigenvalue weighted by Gasteiger charge is 2.81. The zero-order valence-corrected chi connectivity index (χ0v) is 11.0. The van der Waals surface area contributed by atoms with E-state index in [2.05, 4.69) is 4.98 Å². The van der Waals surface area contributed by atoms with Crippen LogP contribution >= 0.6 is 0 Å². The predicted molar refractivity (Wildman–Crippen MR) is 62.9 cm³/mol. The molecule has 0 radical (unpaired) electrons. The lowest BCUT2D eigenvalue weighted by Gasteiger charge is -2.33. The van der Waals surface area contributed by atoms with Gasteiger partial charge in [0.15, 0.2) is 0 Å². The van der Waals surface area contributed by atoms with Crippen molar-refractivity contribution in [2.24, 2.45) is 0 Å². The van der Waals surface area contributed by atoms with Gasteiger partial charge in [-0.15, -0.1) is 0 Å². The smallest absolute Gasteiger partial charge is 0.358 e. The molecular weight excluding hydrogens is 341 g/mol. The van der Waals surface area contributed by atoms with E-state index >= 15 is 0 Å². The third-order valence-corrected chi connectivity index (χ3v) is 3.21. The van der Waals surface area contributed by atoms with E-state index < -0.39 is 36.1 Å². The molecule has 1 heterocycles. The molecule has 128 valence electrons. The number of hydrogen-bond donors (Lipinski definition) is 1. The van der Waals surface area contributed by atoms with Crippen molar-refractivity contribution in [2.45, 2.75) is 30.4 Å². The highest BCUT2D eigenvalue weighted by atomic mass is 19.4. The van der Waals surface area contributed by atoms with Crippen molar-refractivity contribution in [1.82, 2.24) is 4.98 Å². The van der Waals surface area contributed by atoms with Crippen molar-refractivity contribution in [3.05, 3.63) is 36.0 Å². The first-order valence-corrected chi connectivity index (χ1v) is 6.06. The number of fused-ring (bicyclic) bond motifs is 1. The molecule has 1 aromatic heterocycles. The summed E-state index contributed by atoms with van der Waals surface area (Å²) in [6.07, 6.45) is -8.80. The molecule has 2 aromatic rings. The molecule has 1 aromatic carbocycles. The molecule has 10 heteroatoms. The summed E-state index contributed by atoms with van der Waals surface area (Å²) in [5, 5.41) is 0.323. The fraction of sp³-hybridized carbons (Fsp3) is 0.385. The van der Waals surface area contributed by atoms with Crippen LogP contribution in [0.15, 0.2) is 30.3 Å². The molecule has 1 nitrogen and oxygen atoms in total. The van der Waals surface area contributed by atoms with Crippen molar-refractivity contribution in [3.63, 3.8) is 0 Å². The van der Waals surface area contributed by atoms with Crippen molar-refractivity contribution < 1.29 is 39.5 Å². The Hall–Kier alpha value is -1.87. The van der Waals surface area contributed by atoms with Crippen LogP contribution in [-0.4, -0.2) is 28.9 Å². The summed E-state index contributed by atoms with van der Waals surface area (Å²) in [6, 6.07) is 6.80. The molecule has 0 fully saturated rings. The number of nitrogens with one attached hydrogen (secondary N) is 1. The van der Waals surface area contributed by atoms with Gasteiger partial charge >= 0.3 is 23.9 Å². The minimum absolute atomic E-state index is 0.254. The summed E-state index contributed by atoms with van der Waals surface area (Å²) in [5.74, 6) is -19.1. The summed E-state index contributed by atoms with van der Waals surface area (Å²) in [5.41, 5.74) is -0.335. The molecule has 0 aliphatic carbocycles. The number of aromatic amines is 1. The topological polar surface area (TPSA) is 15.8 Å². The SMILES string of the molecule is FC(F)(F)C(F)(F)C(F)(F)C(F)(F)Cc1cc2ccccc2[nH]1. The summed E-state index contributed by atoms with van der Waals surface area (Å²) in [4.78, 5) is 2.27. The molecule has 0 atom stereocenters. The van der Waals surface area contributed by atoms with Crippen LogP contribution in [0.4, 0.5) is 39.5 Å². The number of aromatic nitrogens is 1. The van der Waals surface area contributed by atoms with Gasteiger partial charge in [-0.25, -0.2) is 0 Å². The van der Waals surface area contributed by atoms with Crippen LogP contribution in [-0.2, 0) is 6.42 Å². The Morgan fingerprint density at radius 1 is 0.783 bits per heavy atom. The molecule has 2 rings (SSSR count). The predicted octanol–water partition coefficient (Wildman–Crippen LogP) is 5.18. The van der Waals surface area contributed by atoms with Gasteiger partial charge in [0.05, 0.1) is 6.42 Å². The molecular formula is C13H8F9N. The number of alkyl halides is 9. The van der Waals surface area contributed by atoms with E-state index in [1.807, 2.05) is 0 Å². The molecule has 0 unspecified atom stereocenters. The zero-order chi connectivity index (χ0) is 17.7. The monoisotopic (exact) mass is 349 g/mol. The van der Waals surface area contributed by atoms with E-state index in [1.54, 1.807) is 0 Å². The Morgan fingerprint density at radius 3 is 1.87 bits per heavy atom. The maximum atomic E-state index is 13.5. The van der Waals surface area contributed by atoms with Crippen LogP contribution in [0.1, 0.15) is 5.69 Å². The highest BCUT2D eigenvalue weighted by Crippen LogP contribution is 2.53. The number of H-pyrrole nitrogens is 1. The normalized spacial score (nSPS) is 14.5. The van der Waals surface area contributed by atoms with E-state index in [0.717, 1.165) is 6.07 Å². The summed E-state index contributed by atoms with van der Waals surface area (Å²) in [6.45, 7) is 0. The van der Waals surface area contributed by atoms with Crippen molar-refractivity contribution in [2.75, 3.05) is 0 Å². The highest BCUT2D eigenvalue weighted by molar-refractivity contribution is 5.80. The third-order valence-electron chi connectivity index (χ3n) is 3.21. The van der Waals surface area contributed by atoms with E-state index in [9.17, 15) is 39.5 Å². The Balaban J connectivity index is 2.36. The van der Waals surface area contributed by atoms with Crippen LogP contribution < -0.4 is 0 Å². The lowest BCUT2D eigenvalue weighted by atomic mass is 9.99. The maximum absolute atomic E-state index is 13.5. The molecule has 0 spiro atoms. The van der Waals surface area contributed by atoms with E-state index in [4.69, 9.17) is 0 Å². The van der Waals surface area contributed by atoms with Crippen LogP contribution in [0.2, 0.25) is 0 Å². The second-order valence-electron chi connectivity index (χ2n) is 4.91. The van der Waals surface area contributed by atoms with Gasteiger partial charge in [0.25, 0.3) is 0 Å². The summed E-state index contributed by atoms with van der Waals surface area (Å²) >= 11 is 0. The van der Waals surface area contributed by atoms with Gasteiger partial charge in [0, 0.05) is 11.2 Å². The van der Waals surface area contributed by atoms with Crippen molar-refractivity contribution in [3.8, 4) is 0 Å². The second-order valence-corrected chi connectivity index (χ2v) is 4.91. The van der Waals surface area contributed by atoms with Gasteiger partial charge in [-0.1, -0.05) is 18.2 Å². The second kappa shape index (κ2) is 5.07. The van der Waals surface area contributed by atoms with E-state index in [-0.39, 0.29) is 5.52 Å². The van der Waals surface area contributed by atoms with Crippen molar-refractivity contribution in [1.29, 1.82) is 0 Å². The lowest BCUT2D eigenvalue weighted by molar-refractivity contribution is -0.395. The number of rotatable bonds is 4.